The van der Waals surface area contributed by atoms with Crippen LogP contribution in [0.4, 0.5) is 17.1 Å². The lowest BCUT2D eigenvalue weighted by molar-refractivity contribution is 0.104. The van der Waals surface area contributed by atoms with E-state index >= 15 is 0 Å². The van der Waals surface area contributed by atoms with Crippen LogP contribution < -0.4 is 19.5 Å². The Hall–Kier alpha value is -6.52. The number of methoxy groups -OCH3 is 1. The lowest BCUT2D eigenvalue weighted by atomic mass is 9.72. The van der Waals surface area contributed by atoms with E-state index in [1.807, 2.05) is 54.6 Å². The molecule has 1 aromatic heterocycles. The number of rotatable bonds is 11. The molecule has 2 N–H and O–H groups in total. The monoisotopic (exact) mass is 788 g/mol. The van der Waals surface area contributed by atoms with Crippen molar-refractivity contribution in [3.63, 3.8) is 0 Å². The van der Waals surface area contributed by atoms with Gasteiger partial charge in [-0.3, -0.25) is 9.52 Å². The average Bonchev–Trinajstić information content (AvgIpc) is 3.20. The molecule has 0 fully saturated rings. The summed E-state index contributed by atoms with van der Waals surface area (Å²) in [6.45, 7) is 11.2. The second kappa shape index (κ2) is 14.8. The Morgan fingerprint density at radius 3 is 1.97 bits per heavy atom. The number of para-hydroxylation sites is 1. The fourth-order valence-electron chi connectivity index (χ4n) is 7.96. The smallest absolute Gasteiger partial charge is 0.261 e. The van der Waals surface area contributed by atoms with Crippen molar-refractivity contribution in [1.29, 1.82) is 0 Å². The molecule has 1 aliphatic rings. The first-order valence-corrected chi connectivity index (χ1v) is 20.6. The van der Waals surface area contributed by atoms with Gasteiger partial charge in [-0.1, -0.05) is 101 Å². The highest BCUT2D eigenvalue weighted by atomic mass is 32.2. The van der Waals surface area contributed by atoms with E-state index in [0.717, 1.165) is 12.1 Å². The van der Waals surface area contributed by atoms with Crippen molar-refractivity contribution in [1.82, 2.24) is 9.97 Å². The first-order valence-electron chi connectivity index (χ1n) is 19.1. The molecule has 0 atom stereocenters. The van der Waals surface area contributed by atoms with Crippen molar-refractivity contribution < 1.29 is 22.7 Å². The van der Waals surface area contributed by atoms with Crippen LogP contribution in [-0.4, -0.2) is 31.3 Å². The summed E-state index contributed by atoms with van der Waals surface area (Å²) < 4.78 is 42.1. The van der Waals surface area contributed by atoms with Crippen LogP contribution in [-0.2, 0) is 15.4 Å². The summed E-state index contributed by atoms with van der Waals surface area (Å²) in [5, 5.41) is 3.99. The number of hydrogen-bond donors (Lipinski definition) is 2. The van der Waals surface area contributed by atoms with Gasteiger partial charge in [0.05, 0.1) is 34.6 Å². The Morgan fingerprint density at radius 2 is 1.29 bits per heavy atom. The van der Waals surface area contributed by atoms with Crippen molar-refractivity contribution in [3.8, 4) is 39.9 Å². The van der Waals surface area contributed by atoms with Crippen molar-refractivity contribution in [2.45, 2.75) is 51.3 Å². The maximum absolute atomic E-state index is 14.6. The quantitative estimate of drug-likeness (QED) is 0.133. The highest BCUT2D eigenvalue weighted by Crippen LogP contribution is 2.47. The number of aromatic nitrogens is 2. The van der Waals surface area contributed by atoms with Gasteiger partial charge in [-0.05, 0) is 83.5 Å². The van der Waals surface area contributed by atoms with Crippen molar-refractivity contribution >= 4 is 43.8 Å². The summed E-state index contributed by atoms with van der Waals surface area (Å²) in [6.07, 6.45) is 0.994. The van der Waals surface area contributed by atoms with E-state index < -0.39 is 10.0 Å². The molecular formula is C48H44N4O5S. The molecule has 0 amide bonds. The molecular weight excluding hydrogens is 745 g/mol. The zero-order valence-corrected chi connectivity index (χ0v) is 34.1. The number of nitrogens with zero attached hydrogens (tertiary/aromatic N) is 2. The molecule has 8 rings (SSSR count). The van der Waals surface area contributed by atoms with Crippen LogP contribution >= 0.6 is 0 Å². The number of sulfonamides is 1. The van der Waals surface area contributed by atoms with Gasteiger partial charge in [-0.25, -0.2) is 18.4 Å². The minimum absolute atomic E-state index is 0.0716. The number of anilines is 3. The van der Waals surface area contributed by atoms with Gasteiger partial charge in [0.1, 0.15) is 17.0 Å². The van der Waals surface area contributed by atoms with Gasteiger partial charge in [0.2, 0.25) is 0 Å². The van der Waals surface area contributed by atoms with E-state index in [9.17, 15) is 13.2 Å². The zero-order valence-electron chi connectivity index (χ0n) is 33.3. The third-order valence-corrected chi connectivity index (χ3v) is 11.6. The van der Waals surface area contributed by atoms with E-state index in [-0.39, 0.29) is 27.3 Å². The number of carbonyl (C=O) groups excluding carboxylic acids is 1. The van der Waals surface area contributed by atoms with Gasteiger partial charge in [0.25, 0.3) is 10.0 Å². The average molecular weight is 789 g/mol. The minimum Gasteiger partial charge on any atom is -0.497 e. The summed E-state index contributed by atoms with van der Waals surface area (Å²) in [5.74, 6) is 1.73. The van der Waals surface area contributed by atoms with Gasteiger partial charge >= 0.3 is 0 Å². The largest absolute Gasteiger partial charge is 0.497 e. The Kier molecular flexibility index (Phi) is 9.77. The predicted octanol–water partition coefficient (Wildman–Crippen LogP) is 11.6. The molecule has 0 aliphatic heterocycles. The number of nitrogens with one attached hydrogen (secondary N) is 2. The van der Waals surface area contributed by atoms with Crippen molar-refractivity contribution in [2.24, 2.45) is 5.41 Å². The summed E-state index contributed by atoms with van der Waals surface area (Å²) in [5.41, 5.74) is 5.70. The van der Waals surface area contributed by atoms with Gasteiger partial charge in [-0.2, -0.15) is 0 Å². The van der Waals surface area contributed by atoms with Gasteiger partial charge in [0.15, 0.2) is 17.4 Å². The molecule has 9 nitrogen and oxygen atoms in total. The lowest BCUT2D eigenvalue weighted by Crippen LogP contribution is -2.24. The fourth-order valence-corrected chi connectivity index (χ4v) is 9.06. The van der Waals surface area contributed by atoms with Crippen LogP contribution in [0.3, 0.4) is 0 Å². The van der Waals surface area contributed by atoms with Crippen molar-refractivity contribution in [2.75, 3.05) is 17.1 Å². The maximum atomic E-state index is 14.6. The molecule has 58 heavy (non-hydrogen) atoms. The van der Waals surface area contributed by atoms with Crippen LogP contribution in [0.1, 0.15) is 62.5 Å². The first-order chi connectivity index (χ1) is 27.7. The minimum atomic E-state index is -3.96. The standard InChI is InChI=1S/C48H44N4O5S/c1-47(2,3)29-48(4,5)30-20-24-33(25-21-30)57-40-28-39(49-31-22-26-32(56-6)27-23-31)41-42-43(35-16-10-11-17-36(35)45(41)53)50-46(51-44(40)42)37-18-12-13-19-38(37)52-58(54,55)34-14-8-7-9-15-34/h7-28,49,52H,29H2,1-6H3. The number of fused-ring (bicyclic) bond motifs is 2. The fraction of sp³-hybridized carbons (Fsp3) is 0.188. The summed E-state index contributed by atoms with van der Waals surface area (Å²) in [7, 11) is -2.35. The highest BCUT2D eigenvalue weighted by Gasteiger charge is 2.33. The number of hydrogen-bond acceptors (Lipinski definition) is 8. The molecule has 0 radical (unpaired) electrons. The van der Waals surface area contributed by atoms with Gasteiger partial charge < -0.3 is 14.8 Å². The SMILES string of the molecule is COc1ccc(Nc2cc(Oc3ccc(C(C)(C)CC(C)(C)C)cc3)c3nc(-c4ccccc4NS(=O)(=O)c4ccccc4)nc4c3c2C(=O)c2ccccc2-4)cc1. The molecule has 292 valence electrons. The highest BCUT2D eigenvalue weighted by molar-refractivity contribution is 7.92. The van der Waals surface area contributed by atoms with Crippen LogP contribution in [0.5, 0.6) is 17.2 Å². The Bertz CT molecular complexity index is 2800. The number of ether oxygens (including phenoxy) is 2. The van der Waals surface area contributed by atoms with E-state index in [1.54, 1.807) is 61.7 Å². The van der Waals surface area contributed by atoms with Crippen LogP contribution in [0, 0.1) is 5.41 Å². The van der Waals surface area contributed by atoms with Crippen LogP contribution in [0.2, 0.25) is 0 Å². The molecule has 6 aromatic carbocycles. The maximum Gasteiger partial charge on any atom is 0.261 e. The normalized spacial score (nSPS) is 12.6. The molecule has 10 heteroatoms. The summed E-state index contributed by atoms with van der Waals surface area (Å²) in [6, 6.07) is 39.9. The third kappa shape index (κ3) is 7.51. The van der Waals surface area contributed by atoms with Gasteiger partial charge in [-0.15, -0.1) is 0 Å². The van der Waals surface area contributed by atoms with Crippen molar-refractivity contribution in [3.05, 3.63) is 150 Å². The van der Waals surface area contributed by atoms with Crippen LogP contribution in [0.15, 0.2) is 138 Å². The van der Waals surface area contributed by atoms with Crippen LogP contribution in [0.25, 0.3) is 33.5 Å². The topological polar surface area (TPSA) is 120 Å². The summed E-state index contributed by atoms with van der Waals surface area (Å²) in [4.78, 5) is 24.9. The van der Waals surface area contributed by atoms with E-state index in [1.165, 1.54) is 17.7 Å². The lowest BCUT2D eigenvalue weighted by Gasteiger charge is -2.33. The number of carbonyl (C=O) groups is 1. The predicted molar refractivity (Wildman–Crippen MR) is 231 cm³/mol. The summed E-state index contributed by atoms with van der Waals surface area (Å²) >= 11 is 0. The molecule has 0 unspecified atom stereocenters. The molecule has 1 aliphatic carbocycles. The zero-order chi connectivity index (χ0) is 40.8. The Balaban J connectivity index is 1.33. The van der Waals surface area contributed by atoms with E-state index in [2.05, 4.69) is 56.8 Å². The van der Waals surface area contributed by atoms with Gasteiger partial charge in [0, 0.05) is 33.8 Å². The third-order valence-electron chi connectivity index (χ3n) is 10.3. The first kappa shape index (κ1) is 38.4. The van der Waals surface area contributed by atoms with E-state index in [0.29, 0.717) is 67.5 Å². The molecule has 0 bridgehead atoms. The second-order valence-corrected chi connectivity index (χ2v) is 18.0. The molecule has 1 heterocycles. The number of ketones is 1. The molecule has 0 saturated heterocycles. The molecule has 0 spiro atoms. The Labute approximate surface area is 339 Å². The Morgan fingerprint density at radius 1 is 0.672 bits per heavy atom. The second-order valence-electron chi connectivity index (χ2n) is 16.4. The number of benzene rings is 6. The van der Waals surface area contributed by atoms with E-state index in [4.69, 9.17) is 19.4 Å². The molecule has 0 saturated carbocycles. The molecule has 7 aromatic rings.